The highest BCUT2D eigenvalue weighted by Crippen LogP contribution is 2.32. The minimum atomic E-state index is -0.800. The quantitative estimate of drug-likeness (QED) is 0.518. The number of amides is 1. The van der Waals surface area contributed by atoms with Crippen LogP contribution < -0.4 is 5.32 Å². The van der Waals surface area contributed by atoms with E-state index in [1.807, 2.05) is 0 Å². The predicted molar refractivity (Wildman–Crippen MR) is 95.8 cm³/mol. The van der Waals surface area contributed by atoms with Gasteiger partial charge in [-0.2, -0.15) is 0 Å². The Morgan fingerprint density at radius 2 is 1.96 bits per heavy atom. The van der Waals surface area contributed by atoms with E-state index in [1.54, 1.807) is 18.7 Å². The topological polar surface area (TPSA) is 54.9 Å². The number of hydrogen-bond donors (Lipinski definition) is 1. The van der Waals surface area contributed by atoms with E-state index in [2.05, 4.69) is 22.4 Å². The molecule has 0 spiro atoms. The van der Waals surface area contributed by atoms with Crippen molar-refractivity contribution in [3.63, 3.8) is 0 Å². The summed E-state index contributed by atoms with van der Waals surface area (Å²) in [5.74, 6) is -1.10. The normalized spacial score (nSPS) is 12.2. The van der Waals surface area contributed by atoms with Gasteiger partial charge in [0.05, 0.1) is 5.25 Å². The first-order valence-corrected chi connectivity index (χ1v) is 10.1. The SMILES string of the molecule is CCCCSc1nnc(S[C@@H](C)C(=O)Nc2c(F)cccc2F)s1. The van der Waals surface area contributed by atoms with E-state index in [4.69, 9.17) is 0 Å². The van der Waals surface area contributed by atoms with Gasteiger partial charge in [0.2, 0.25) is 5.91 Å². The van der Waals surface area contributed by atoms with Gasteiger partial charge in [-0.1, -0.05) is 54.3 Å². The molecule has 9 heteroatoms. The molecule has 2 rings (SSSR count). The van der Waals surface area contributed by atoms with Crippen molar-refractivity contribution in [3.05, 3.63) is 29.8 Å². The van der Waals surface area contributed by atoms with Crippen LogP contribution in [0.25, 0.3) is 0 Å². The summed E-state index contributed by atoms with van der Waals surface area (Å²) < 4.78 is 28.7. The van der Waals surface area contributed by atoms with Crippen molar-refractivity contribution in [1.29, 1.82) is 0 Å². The summed E-state index contributed by atoms with van der Waals surface area (Å²) in [5.41, 5.74) is -0.428. The Morgan fingerprint density at radius 1 is 1.29 bits per heavy atom. The molecule has 2 aromatic rings. The summed E-state index contributed by atoms with van der Waals surface area (Å²) in [5, 5.41) is 9.85. The fraction of sp³-hybridized carbons (Fsp3) is 0.400. The van der Waals surface area contributed by atoms with Gasteiger partial charge in [-0.25, -0.2) is 8.78 Å². The highest BCUT2D eigenvalue weighted by atomic mass is 32.2. The number of rotatable bonds is 8. The maximum atomic E-state index is 13.6. The molecule has 1 aromatic carbocycles. The molecule has 130 valence electrons. The second-order valence-electron chi connectivity index (χ2n) is 4.88. The van der Waals surface area contributed by atoms with Gasteiger partial charge in [-0.15, -0.1) is 10.2 Å². The van der Waals surface area contributed by atoms with Gasteiger partial charge in [-0.05, 0) is 25.5 Å². The van der Waals surface area contributed by atoms with Crippen LogP contribution in [0.5, 0.6) is 0 Å². The largest absolute Gasteiger partial charge is 0.320 e. The summed E-state index contributed by atoms with van der Waals surface area (Å²) in [6.07, 6.45) is 2.23. The zero-order valence-electron chi connectivity index (χ0n) is 13.2. The highest BCUT2D eigenvalue weighted by Gasteiger charge is 2.20. The summed E-state index contributed by atoms with van der Waals surface area (Å²) in [6.45, 7) is 3.78. The number of hydrogen-bond acceptors (Lipinski definition) is 6. The monoisotopic (exact) mass is 389 g/mol. The number of thioether (sulfide) groups is 2. The van der Waals surface area contributed by atoms with Gasteiger partial charge < -0.3 is 5.32 Å². The van der Waals surface area contributed by atoms with E-state index in [0.29, 0.717) is 4.34 Å². The molecule has 0 saturated heterocycles. The van der Waals surface area contributed by atoms with Gasteiger partial charge in [0.25, 0.3) is 0 Å². The van der Waals surface area contributed by atoms with Crippen molar-refractivity contribution in [3.8, 4) is 0 Å². The van der Waals surface area contributed by atoms with Gasteiger partial charge >= 0.3 is 0 Å². The van der Waals surface area contributed by atoms with Crippen molar-refractivity contribution >= 4 is 46.5 Å². The number of unbranched alkanes of at least 4 members (excludes halogenated alkanes) is 1. The van der Waals surface area contributed by atoms with E-state index >= 15 is 0 Å². The molecule has 0 aliphatic heterocycles. The average Bonchev–Trinajstić information content (AvgIpc) is 2.98. The Morgan fingerprint density at radius 3 is 2.62 bits per heavy atom. The van der Waals surface area contributed by atoms with E-state index in [1.165, 1.54) is 29.2 Å². The van der Waals surface area contributed by atoms with Gasteiger partial charge in [0, 0.05) is 5.75 Å². The lowest BCUT2D eigenvalue weighted by Crippen LogP contribution is -2.23. The van der Waals surface area contributed by atoms with Crippen LogP contribution in [0.2, 0.25) is 0 Å². The van der Waals surface area contributed by atoms with Crippen LogP contribution in [0.4, 0.5) is 14.5 Å². The van der Waals surface area contributed by atoms with Crippen molar-refractivity contribution < 1.29 is 13.6 Å². The molecule has 0 aliphatic rings. The van der Waals surface area contributed by atoms with E-state index < -0.39 is 28.5 Å². The number of carbonyl (C=O) groups is 1. The van der Waals surface area contributed by atoms with Crippen LogP contribution in [0.1, 0.15) is 26.7 Å². The van der Waals surface area contributed by atoms with Crippen LogP contribution in [-0.4, -0.2) is 27.1 Å². The van der Waals surface area contributed by atoms with Crippen molar-refractivity contribution in [2.24, 2.45) is 0 Å². The lowest BCUT2D eigenvalue weighted by Gasteiger charge is -2.11. The molecular formula is C15H17F2N3OS3. The number of nitrogens with one attached hydrogen (secondary N) is 1. The Balaban J connectivity index is 1.92. The summed E-state index contributed by atoms with van der Waals surface area (Å²) in [4.78, 5) is 12.1. The highest BCUT2D eigenvalue weighted by molar-refractivity contribution is 8.03. The molecule has 1 N–H and O–H groups in total. The predicted octanol–water partition coefficient (Wildman–Crippen LogP) is 4.83. The zero-order valence-corrected chi connectivity index (χ0v) is 15.7. The van der Waals surface area contributed by atoms with Crippen LogP contribution in [-0.2, 0) is 4.79 Å². The summed E-state index contributed by atoms with van der Waals surface area (Å²) >= 11 is 4.27. The van der Waals surface area contributed by atoms with Crippen LogP contribution in [0, 0.1) is 11.6 Å². The van der Waals surface area contributed by atoms with Gasteiger partial charge in [0.1, 0.15) is 17.3 Å². The first-order chi connectivity index (χ1) is 11.5. The standard InChI is InChI=1S/C15H17F2N3OS3/c1-3-4-8-22-14-19-20-15(24-14)23-9(2)13(21)18-12-10(16)6-5-7-11(12)17/h5-7,9H,3-4,8H2,1-2H3,(H,18,21)/t9-/m0/s1. The third-order valence-corrected chi connectivity index (χ3v) is 6.30. The van der Waals surface area contributed by atoms with Crippen LogP contribution in [0.15, 0.2) is 26.9 Å². The van der Waals surface area contributed by atoms with E-state index in [9.17, 15) is 13.6 Å². The Bertz CT molecular complexity index is 676. The Labute approximate surface area is 151 Å². The van der Waals surface area contributed by atoms with Gasteiger partial charge in [-0.3, -0.25) is 4.79 Å². The van der Waals surface area contributed by atoms with E-state index in [-0.39, 0.29) is 0 Å². The molecule has 0 fully saturated rings. The molecule has 0 radical (unpaired) electrons. The van der Waals surface area contributed by atoms with E-state index in [0.717, 1.165) is 35.1 Å². The number of aromatic nitrogens is 2. The number of para-hydroxylation sites is 1. The second-order valence-corrected chi connectivity index (χ2v) is 8.79. The molecule has 1 heterocycles. The molecule has 1 amide bonds. The molecule has 4 nitrogen and oxygen atoms in total. The van der Waals surface area contributed by atoms with Crippen molar-refractivity contribution in [2.45, 2.75) is 40.6 Å². The summed E-state index contributed by atoms with van der Waals surface area (Å²) in [6, 6.07) is 3.44. The third-order valence-electron chi connectivity index (χ3n) is 2.97. The first-order valence-electron chi connectivity index (χ1n) is 7.39. The average molecular weight is 390 g/mol. The minimum absolute atomic E-state index is 0.428. The molecule has 24 heavy (non-hydrogen) atoms. The number of benzene rings is 1. The molecule has 1 atom stereocenters. The fourth-order valence-electron chi connectivity index (χ4n) is 1.65. The maximum Gasteiger partial charge on any atom is 0.237 e. The first kappa shape index (κ1) is 19.1. The number of halogens is 2. The van der Waals surface area contributed by atoms with Crippen molar-refractivity contribution in [2.75, 3.05) is 11.1 Å². The molecular weight excluding hydrogens is 372 g/mol. The second kappa shape index (κ2) is 9.33. The maximum absolute atomic E-state index is 13.6. The lowest BCUT2D eigenvalue weighted by atomic mass is 10.3. The molecule has 1 aromatic heterocycles. The molecule has 0 aliphatic carbocycles. The fourth-order valence-corrected chi connectivity index (χ4v) is 4.97. The Kier molecular flexibility index (Phi) is 7.44. The molecule has 0 unspecified atom stereocenters. The Hall–Kier alpha value is -1.19. The zero-order chi connectivity index (χ0) is 17.5. The lowest BCUT2D eigenvalue weighted by molar-refractivity contribution is -0.115. The number of nitrogens with zero attached hydrogens (tertiary/aromatic N) is 2. The van der Waals surface area contributed by atoms with Gasteiger partial charge in [0.15, 0.2) is 8.68 Å². The van der Waals surface area contributed by atoms with Crippen LogP contribution >= 0.6 is 34.9 Å². The molecule has 0 bridgehead atoms. The smallest absolute Gasteiger partial charge is 0.237 e. The number of anilines is 1. The number of carbonyl (C=O) groups excluding carboxylic acids is 1. The third kappa shape index (κ3) is 5.42. The molecule has 0 saturated carbocycles. The minimum Gasteiger partial charge on any atom is -0.320 e. The summed E-state index contributed by atoms with van der Waals surface area (Å²) in [7, 11) is 0. The van der Waals surface area contributed by atoms with Crippen molar-refractivity contribution in [1.82, 2.24) is 10.2 Å². The van der Waals surface area contributed by atoms with Crippen LogP contribution in [0.3, 0.4) is 0 Å².